The molecule has 16 heavy (non-hydrogen) atoms. The van der Waals surface area contributed by atoms with Crippen LogP contribution in [0.5, 0.6) is 0 Å². The Kier molecular flexibility index (Phi) is 4.00. The Morgan fingerprint density at radius 3 is 2.75 bits per heavy atom. The third-order valence-corrected chi connectivity index (χ3v) is 5.05. The lowest BCUT2D eigenvalue weighted by Gasteiger charge is -2.10. The maximum atomic E-state index is 6.22. The first-order valence-corrected chi connectivity index (χ1v) is 7.59. The van der Waals surface area contributed by atoms with Crippen molar-refractivity contribution in [2.75, 3.05) is 0 Å². The van der Waals surface area contributed by atoms with Gasteiger partial charge in [0.05, 0.1) is 0 Å². The predicted molar refractivity (Wildman–Crippen MR) is 75.3 cm³/mol. The molecule has 0 saturated carbocycles. The third kappa shape index (κ3) is 2.84. The quantitative estimate of drug-likeness (QED) is 0.814. The Bertz CT molecular complexity index is 413. The van der Waals surface area contributed by atoms with Crippen LogP contribution < -0.4 is 5.73 Å². The normalized spacial score (nSPS) is 13.8. The van der Waals surface area contributed by atoms with E-state index in [1.807, 2.05) is 22.7 Å². The monoisotopic (exact) mass is 253 g/mol. The molecular formula is C13H19NS2. The van der Waals surface area contributed by atoms with Gasteiger partial charge in [-0.25, -0.2) is 0 Å². The Labute approximate surface area is 105 Å². The molecule has 0 amide bonds. The van der Waals surface area contributed by atoms with E-state index in [-0.39, 0.29) is 6.04 Å². The molecule has 2 N–H and O–H groups in total. The third-order valence-electron chi connectivity index (χ3n) is 2.82. The van der Waals surface area contributed by atoms with Crippen LogP contribution in [-0.2, 0) is 0 Å². The summed E-state index contributed by atoms with van der Waals surface area (Å²) in [7, 11) is 0. The summed E-state index contributed by atoms with van der Waals surface area (Å²) in [4.78, 5) is 1.35. The van der Waals surface area contributed by atoms with Crippen LogP contribution in [-0.4, -0.2) is 0 Å². The van der Waals surface area contributed by atoms with Gasteiger partial charge in [-0.3, -0.25) is 0 Å². The van der Waals surface area contributed by atoms with Crippen molar-refractivity contribution in [1.82, 2.24) is 0 Å². The van der Waals surface area contributed by atoms with Crippen molar-refractivity contribution in [3.05, 3.63) is 22.4 Å². The van der Waals surface area contributed by atoms with Crippen molar-refractivity contribution < 1.29 is 0 Å². The average molecular weight is 253 g/mol. The molecule has 0 radical (unpaired) electrons. The van der Waals surface area contributed by atoms with Crippen LogP contribution in [0.25, 0.3) is 9.40 Å². The summed E-state index contributed by atoms with van der Waals surface area (Å²) < 4.78 is 2.78. The molecule has 2 aromatic rings. The van der Waals surface area contributed by atoms with E-state index in [0.717, 1.165) is 12.3 Å². The van der Waals surface area contributed by atoms with Crippen molar-refractivity contribution in [3.8, 4) is 0 Å². The zero-order chi connectivity index (χ0) is 11.5. The minimum atomic E-state index is 0.239. The summed E-state index contributed by atoms with van der Waals surface area (Å²) in [5.41, 5.74) is 6.22. The Morgan fingerprint density at radius 2 is 2.06 bits per heavy atom. The van der Waals surface area contributed by atoms with Gasteiger partial charge in [-0.05, 0) is 29.9 Å². The molecule has 1 nitrogen and oxygen atoms in total. The fourth-order valence-electron chi connectivity index (χ4n) is 1.86. The summed E-state index contributed by atoms with van der Waals surface area (Å²) in [6, 6.07) is 4.70. The van der Waals surface area contributed by atoms with Gasteiger partial charge in [-0.15, -0.1) is 22.7 Å². The molecule has 3 heteroatoms. The van der Waals surface area contributed by atoms with Crippen LogP contribution >= 0.6 is 22.7 Å². The zero-order valence-electron chi connectivity index (χ0n) is 9.90. The summed E-state index contributed by atoms with van der Waals surface area (Å²) in [6.07, 6.45) is 3.64. The van der Waals surface area contributed by atoms with Gasteiger partial charge in [0.2, 0.25) is 0 Å². The highest BCUT2D eigenvalue weighted by Gasteiger charge is 2.10. The van der Waals surface area contributed by atoms with E-state index in [1.54, 1.807) is 0 Å². The molecule has 0 aliphatic heterocycles. The lowest BCUT2D eigenvalue weighted by Crippen LogP contribution is -2.08. The first-order valence-electron chi connectivity index (χ1n) is 5.89. The number of fused-ring (bicyclic) bond motifs is 1. The first-order chi connectivity index (χ1) is 7.66. The Morgan fingerprint density at radius 1 is 1.25 bits per heavy atom. The van der Waals surface area contributed by atoms with E-state index < -0.39 is 0 Å². The van der Waals surface area contributed by atoms with E-state index in [0.29, 0.717) is 0 Å². The maximum Gasteiger partial charge on any atom is 0.0454 e. The number of hydrogen-bond donors (Lipinski definition) is 1. The highest BCUT2D eigenvalue weighted by atomic mass is 32.1. The van der Waals surface area contributed by atoms with Crippen molar-refractivity contribution in [2.24, 2.45) is 11.7 Å². The molecular weight excluding hydrogens is 234 g/mol. The number of nitrogens with two attached hydrogens (primary N) is 1. The van der Waals surface area contributed by atoms with Gasteiger partial charge in [0.15, 0.2) is 0 Å². The summed E-state index contributed by atoms with van der Waals surface area (Å²) >= 11 is 3.67. The lowest BCUT2D eigenvalue weighted by atomic mass is 10.0. The highest BCUT2D eigenvalue weighted by Crippen LogP contribution is 2.34. The second-order valence-electron chi connectivity index (χ2n) is 4.73. The van der Waals surface area contributed by atoms with E-state index in [4.69, 9.17) is 5.73 Å². The van der Waals surface area contributed by atoms with E-state index in [2.05, 4.69) is 31.4 Å². The Balaban J connectivity index is 1.94. The van der Waals surface area contributed by atoms with Gasteiger partial charge in [0.25, 0.3) is 0 Å². The summed E-state index contributed by atoms with van der Waals surface area (Å²) in [6.45, 7) is 4.54. The van der Waals surface area contributed by atoms with Crippen molar-refractivity contribution in [2.45, 2.75) is 39.2 Å². The van der Waals surface area contributed by atoms with Crippen LogP contribution in [0.2, 0.25) is 0 Å². The van der Waals surface area contributed by atoms with Gasteiger partial charge in [0, 0.05) is 20.3 Å². The van der Waals surface area contributed by atoms with Crippen LogP contribution in [0.1, 0.15) is 44.0 Å². The average Bonchev–Trinajstić information content (AvgIpc) is 2.75. The van der Waals surface area contributed by atoms with E-state index in [9.17, 15) is 0 Å². The molecule has 0 fully saturated rings. The zero-order valence-corrected chi connectivity index (χ0v) is 11.5. The van der Waals surface area contributed by atoms with Gasteiger partial charge >= 0.3 is 0 Å². The van der Waals surface area contributed by atoms with Gasteiger partial charge in [-0.2, -0.15) is 0 Å². The molecule has 88 valence electrons. The summed E-state index contributed by atoms with van der Waals surface area (Å²) in [5.74, 6) is 0.791. The van der Waals surface area contributed by atoms with Crippen molar-refractivity contribution in [1.29, 1.82) is 0 Å². The molecule has 1 unspecified atom stereocenters. The number of rotatable bonds is 5. The standard InChI is InChI=1S/C13H19NS2/c1-9(2)4-3-5-10(14)12-8-13-11(16-12)6-7-15-13/h6-10H,3-5,14H2,1-2H3. The van der Waals surface area contributed by atoms with Gasteiger partial charge in [-0.1, -0.05) is 26.7 Å². The minimum absolute atomic E-state index is 0.239. The minimum Gasteiger partial charge on any atom is -0.323 e. The predicted octanol–water partition coefficient (Wildman–Crippen LogP) is 4.79. The number of thiophene rings is 2. The van der Waals surface area contributed by atoms with Crippen LogP contribution in [0, 0.1) is 5.92 Å². The molecule has 2 heterocycles. The molecule has 0 bridgehead atoms. The molecule has 0 spiro atoms. The molecule has 2 rings (SSSR count). The van der Waals surface area contributed by atoms with Gasteiger partial charge < -0.3 is 5.73 Å². The molecule has 0 aliphatic rings. The van der Waals surface area contributed by atoms with E-state index >= 15 is 0 Å². The SMILES string of the molecule is CC(C)CCCC(N)c1cc2sccc2s1. The second kappa shape index (κ2) is 5.30. The molecule has 1 atom stereocenters. The van der Waals surface area contributed by atoms with Crippen LogP contribution in [0.3, 0.4) is 0 Å². The van der Waals surface area contributed by atoms with Gasteiger partial charge in [0.1, 0.15) is 0 Å². The molecule has 0 aliphatic carbocycles. The smallest absolute Gasteiger partial charge is 0.0454 e. The Hall–Kier alpha value is -0.380. The second-order valence-corrected chi connectivity index (χ2v) is 6.79. The molecule has 0 aromatic carbocycles. The first kappa shape index (κ1) is 12.1. The lowest BCUT2D eigenvalue weighted by molar-refractivity contribution is 0.508. The highest BCUT2D eigenvalue weighted by molar-refractivity contribution is 7.26. The van der Waals surface area contributed by atoms with Crippen LogP contribution in [0.15, 0.2) is 17.5 Å². The summed E-state index contributed by atoms with van der Waals surface area (Å²) in [5, 5.41) is 2.15. The fourth-order valence-corrected chi connectivity index (χ4v) is 4.01. The largest absolute Gasteiger partial charge is 0.323 e. The van der Waals surface area contributed by atoms with Crippen LogP contribution in [0.4, 0.5) is 0 Å². The van der Waals surface area contributed by atoms with Crippen molar-refractivity contribution in [3.63, 3.8) is 0 Å². The van der Waals surface area contributed by atoms with Crippen molar-refractivity contribution >= 4 is 32.1 Å². The molecule has 0 saturated heterocycles. The fraction of sp³-hybridized carbons (Fsp3) is 0.538. The topological polar surface area (TPSA) is 26.0 Å². The van der Waals surface area contributed by atoms with E-state index in [1.165, 1.54) is 27.1 Å². The maximum absolute atomic E-state index is 6.22. The molecule has 2 aromatic heterocycles. The number of hydrogen-bond acceptors (Lipinski definition) is 3.